The second-order valence-corrected chi connectivity index (χ2v) is 8.84. The van der Waals surface area contributed by atoms with E-state index in [1.807, 2.05) is 6.92 Å². The Balaban J connectivity index is 1.90. The molecule has 0 aromatic heterocycles. The second-order valence-electron chi connectivity index (χ2n) is 8.84. The molecule has 0 radical (unpaired) electrons. The van der Waals surface area contributed by atoms with Gasteiger partial charge in [0.25, 0.3) is 0 Å². The highest BCUT2D eigenvalue weighted by Gasteiger charge is 2.53. The zero-order chi connectivity index (χ0) is 19.8. The first-order valence-corrected chi connectivity index (χ1v) is 10.1. The molecule has 0 unspecified atom stereocenters. The summed E-state index contributed by atoms with van der Waals surface area (Å²) in [6.07, 6.45) is 7.56. The van der Waals surface area contributed by atoms with E-state index in [4.69, 9.17) is 14.2 Å². The summed E-state index contributed by atoms with van der Waals surface area (Å²) in [6, 6.07) is 0. The van der Waals surface area contributed by atoms with Gasteiger partial charge >= 0.3 is 11.9 Å². The molecule has 3 rings (SSSR count). The third-order valence-electron chi connectivity index (χ3n) is 6.53. The Labute approximate surface area is 162 Å². The van der Waals surface area contributed by atoms with E-state index in [-0.39, 0.29) is 29.6 Å². The number of carbonyl (C=O) groups excluding carboxylic acids is 2. The van der Waals surface area contributed by atoms with Gasteiger partial charge in [0.1, 0.15) is 11.7 Å². The van der Waals surface area contributed by atoms with Crippen molar-refractivity contribution < 1.29 is 23.8 Å². The molecule has 5 nitrogen and oxygen atoms in total. The first kappa shape index (κ1) is 20.1. The number of hydrogen-bond donors (Lipinski definition) is 0. The molecule has 5 atom stereocenters. The highest BCUT2D eigenvalue weighted by Crippen LogP contribution is 2.47. The molecule has 2 aliphatic heterocycles. The molecule has 0 N–H and O–H groups in total. The summed E-state index contributed by atoms with van der Waals surface area (Å²) >= 11 is 0. The number of allylic oxidation sites excluding steroid dienone is 2. The van der Waals surface area contributed by atoms with E-state index in [1.54, 1.807) is 0 Å². The molecule has 3 aliphatic rings. The summed E-state index contributed by atoms with van der Waals surface area (Å²) in [7, 11) is 0. The van der Waals surface area contributed by atoms with Gasteiger partial charge in [-0.2, -0.15) is 0 Å². The first-order chi connectivity index (χ1) is 12.6. The van der Waals surface area contributed by atoms with Crippen molar-refractivity contribution in [2.24, 2.45) is 5.92 Å². The molecule has 1 aliphatic carbocycles. The van der Waals surface area contributed by atoms with Crippen LogP contribution in [-0.4, -0.2) is 35.3 Å². The van der Waals surface area contributed by atoms with Gasteiger partial charge in [-0.15, -0.1) is 0 Å². The second kappa shape index (κ2) is 7.42. The van der Waals surface area contributed by atoms with Gasteiger partial charge in [0.15, 0.2) is 0 Å². The van der Waals surface area contributed by atoms with Gasteiger partial charge in [-0.25, -0.2) is 4.79 Å². The van der Waals surface area contributed by atoms with Crippen LogP contribution in [0.15, 0.2) is 23.8 Å². The van der Waals surface area contributed by atoms with Crippen LogP contribution < -0.4 is 0 Å². The zero-order valence-corrected chi connectivity index (χ0v) is 17.0. The maximum Gasteiger partial charge on any atom is 0.334 e. The van der Waals surface area contributed by atoms with Crippen molar-refractivity contribution in [3.8, 4) is 0 Å². The van der Waals surface area contributed by atoms with Crippen molar-refractivity contribution in [3.63, 3.8) is 0 Å². The summed E-state index contributed by atoms with van der Waals surface area (Å²) in [5.74, 6) is -0.673. The molecule has 0 saturated carbocycles. The van der Waals surface area contributed by atoms with Crippen LogP contribution >= 0.6 is 0 Å². The summed E-state index contributed by atoms with van der Waals surface area (Å²) in [5.41, 5.74) is 0.845. The van der Waals surface area contributed by atoms with E-state index >= 15 is 0 Å². The first-order valence-electron chi connectivity index (χ1n) is 10.1. The molecule has 2 bridgehead atoms. The Kier molecular flexibility index (Phi) is 5.53. The van der Waals surface area contributed by atoms with Crippen LogP contribution in [0, 0.1) is 5.92 Å². The fourth-order valence-corrected chi connectivity index (χ4v) is 4.44. The molecule has 0 aromatic carbocycles. The molecule has 2 fully saturated rings. The minimum atomic E-state index is -0.835. The van der Waals surface area contributed by atoms with E-state index in [2.05, 4.69) is 26.5 Å². The monoisotopic (exact) mass is 376 g/mol. The highest BCUT2D eigenvalue weighted by molar-refractivity contribution is 5.89. The number of rotatable bonds is 1. The van der Waals surface area contributed by atoms with Gasteiger partial charge < -0.3 is 14.2 Å². The number of fused-ring (bicyclic) bond motifs is 4. The molecule has 2 saturated heterocycles. The van der Waals surface area contributed by atoms with Crippen LogP contribution in [0.5, 0.6) is 0 Å². The molecule has 0 spiro atoms. The third kappa shape index (κ3) is 4.45. The van der Waals surface area contributed by atoms with Crippen LogP contribution in [0.3, 0.4) is 0 Å². The lowest BCUT2D eigenvalue weighted by Crippen LogP contribution is -2.45. The van der Waals surface area contributed by atoms with E-state index in [1.165, 1.54) is 12.5 Å². The number of epoxide rings is 1. The maximum atomic E-state index is 12.7. The minimum Gasteiger partial charge on any atom is -0.458 e. The molecular weight excluding hydrogens is 344 g/mol. The average molecular weight is 376 g/mol. The topological polar surface area (TPSA) is 65.1 Å². The van der Waals surface area contributed by atoms with Gasteiger partial charge in [0, 0.05) is 12.5 Å². The van der Waals surface area contributed by atoms with E-state index < -0.39 is 11.7 Å². The fourth-order valence-electron chi connectivity index (χ4n) is 4.44. The van der Waals surface area contributed by atoms with Crippen molar-refractivity contribution in [1.29, 1.82) is 0 Å². The lowest BCUT2D eigenvalue weighted by Gasteiger charge is -2.35. The van der Waals surface area contributed by atoms with Gasteiger partial charge in [-0.1, -0.05) is 18.2 Å². The van der Waals surface area contributed by atoms with E-state index in [0.29, 0.717) is 18.4 Å². The zero-order valence-electron chi connectivity index (χ0n) is 17.0. The lowest BCUT2D eigenvalue weighted by molar-refractivity contribution is -0.180. The van der Waals surface area contributed by atoms with E-state index in [0.717, 1.165) is 32.1 Å². The predicted molar refractivity (Wildman–Crippen MR) is 102 cm³/mol. The summed E-state index contributed by atoms with van der Waals surface area (Å²) < 4.78 is 17.5. The highest BCUT2D eigenvalue weighted by atomic mass is 16.6. The Bertz CT molecular complexity index is 666. The van der Waals surface area contributed by atoms with Crippen molar-refractivity contribution >= 4 is 11.9 Å². The molecule has 0 amide bonds. The molecule has 2 heterocycles. The van der Waals surface area contributed by atoms with Crippen molar-refractivity contribution in [2.75, 3.05) is 0 Å². The van der Waals surface area contributed by atoms with Crippen LogP contribution in [0.2, 0.25) is 0 Å². The quantitative estimate of drug-likeness (QED) is 0.296. The Morgan fingerprint density at radius 1 is 1.26 bits per heavy atom. The number of hydrogen-bond acceptors (Lipinski definition) is 5. The minimum absolute atomic E-state index is 0.0457. The van der Waals surface area contributed by atoms with Crippen molar-refractivity contribution in [2.45, 2.75) is 96.1 Å². The Morgan fingerprint density at radius 3 is 2.70 bits per heavy atom. The van der Waals surface area contributed by atoms with Crippen LogP contribution in [0.25, 0.3) is 0 Å². The molecule has 27 heavy (non-hydrogen) atoms. The lowest BCUT2D eigenvalue weighted by atomic mass is 9.82. The maximum absolute atomic E-state index is 12.7. The van der Waals surface area contributed by atoms with Crippen molar-refractivity contribution in [3.05, 3.63) is 23.8 Å². The SMILES string of the molecule is C=C1C(=O)O[C@]2(C)CC[C@@H]1C[C@@H]1O[C@@]1(C)CC/C=C(\C)CC[C@H]2OC(C)=O. The van der Waals surface area contributed by atoms with Gasteiger partial charge in [-0.3, -0.25) is 4.79 Å². The van der Waals surface area contributed by atoms with Gasteiger partial charge in [0.05, 0.1) is 11.7 Å². The number of esters is 2. The fraction of sp³-hybridized carbons (Fsp3) is 0.727. The Hall–Kier alpha value is -1.62. The van der Waals surface area contributed by atoms with Crippen LogP contribution in [0.1, 0.15) is 72.6 Å². The third-order valence-corrected chi connectivity index (χ3v) is 6.53. The standard InChI is InChI=1S/C22H32O5/c1-14-7-6-11-21(4)19(26-21)13-17-10-12-22(5,27-20(24)15(17)2)18(9-8-14)25-16(3)23/h7,17-19H,2,6,8-13H2,1,3-5H3/b14-7+/t17-,18-,19+,21+,22-/m1/s1. The normalized spacial score (nSPS) is 42.1. The molecular formula is C22H32O5. The van der Waals surface area contributed by atoms with Crippen LogP contribution in [0.4, 0.5) is 0 Å². The molecule has 5 heteroatoms. The smallest absolute Gasteiger partial charge is 0.334 e. The van der Waals surface area contributed by atoms with E-state index in [9.17, 15) is 9.59 Å². The number of carbonyl (C=O) groups is 2. The van der Waals surface area contributed by atoms with Gasteiger partial charge in [0.2, 0.25) is 0 Å². The Morgan fingerprint density at radius 2 is 2.00 bits per heavy atom. The molecule has 150 valence electrons. The summed E-state index contributed by atoms with van der Waals surface area (Å²) in [6.45, 7) is 11.6. The largest absolute Gasteiger partial charge is 0.458 e. The van der Waals surface area contributed by atoms with Crippen molar-refractivity contribution in [1.82, 2.24) is 0 Å². The average Bonchev–Trinajstić information content (AvgIpc) is 3.24. The number of ether oxygens (including phenoxy) is 3. The molecule has 0 aromatic rings. The van der Waals surface area contributed by atoms with Crippen LogP contribution in [-0.2, 0) is 23.8 Å². The predicted octanol–water partition coefficient (Wildman–Crippen LogP) is 4.25. The van der Waals surface area contributed by atoms with Gasteiger partial charge in [-0.05, 0) is 71.6 Å². The summed E-state index contributed by atoms with van der Waals surface area (Å²) in [5, 5.41) is 0. The summed E-state index contributed by atoms with van der Waals surface area (Å²) in [4.78, 5) is 24.4.